The van der Waals surface area contributed by atoms with Gasteiger partial charge in [0.15, 0.2) is 0 Å². The molecule has 3 aliphatic rings. The molecule has 254 valence electrons. The quantitative estimate of drug-likeness (QED) is 0.234. The van der Waals surface area contributed by atoms with E-state index in [0.29, 0.717) is 0 Å². The molecule has 3 aromatic rings. The molecule has 9 nitrogen and oxygen atoms in total. The number of aliphatic imine (C=N–C) groups is 1. The van der Waals surface area contributed by atoms with Gasteiger partial charge in [0.05, 0.1) is 36.1 Å². The first-order chi connectivity index (χ1) is 23.2. The number of H-pyrrole nitrogens is 1. The Morgan fingerprint density at radius 3 is 1.79 bits per heavy atom. The predicted molar refractivity (Wildman–Crippen MR) is 193 cm³/mol. The fourth-order valence-electron chi connectivity index (χ4n) is 7.73. The fourth-order valence-corrected chi connectivity index (χ4v) is 7.73. The van der Waals surface area contributed by atoms with Crippen molar-refractivity contribution < 1.29 is 9.59 Å². The molecule has 4 atom stereocenters. The van der Waals surface area contributed by atoms with Crippen LogP contribution >= 0.6 is 0 Å². The Hall–Kier alpha value is -4.08. The topological polar surface area (TPSA) is 106 Å². The number of amides is 2. The van der Waals surface area contributed by atoms with Crippen molar-refractivity contribution in [1.29, 1.82) is 0 Å². The molecule has 0 aliphatic carbocycles. The van der Waals surface area contributed by atoms with Crippen LogP contribution in [-0.2, 0) is 9.59 Å². The summed E-state index contributed by atoms with van der Waals surface area (Å²) in [5.74, 6) is 1.65. The van der Waals surface area contributed by atoms with Crippen LogP contribution in [0.5, 0.6) is 0 Å². The maximum Gasteiger partial charge on any atom is 0.240 e. The van der Waals surface area contributed by atoms with Crippen LogP contribution in [0.1, 0.15) is 77.2 Å². The lowest BCUT2D eigenvalue weighted by atomic mass is 9.95. The third kappa shape index (κ3) is 6.76. The average Bonchev–Trinajstić information content (AvgIpc) is 3.91. The Balaban J connectivity index is 1.08. The van der Waals surface area contributed by atoms with Gasteiger partial charge in [0.25, 0.3) is 0 Å². The van der Waals surface area contributed by atoms with E-state index in [-0.39, 0.29) is 47.8 Å². The summed E-state index contributed by atoms with van der Waals surface area (Å²) < 4.78 is 0. The number of aromatic amines is 1. The van der Waals surface area contributed by atoms with Gasteiger partial charge in [-0.2, -0.15) is 0 Å². The molecule has 3 N–H and O–H groups in total. The van der Waals surface area contributed by atoms with E-state index in [1.807, 2.05) is 36.3 Å². The van der Waals surface area contributed by atoms with Gasteiger partial charge in [-0.15, -0.1) is 0 Å². The number of imidazole rings is 1. The summed E-state index contributed by atoms with van der Waals surface area (Å²) in [6.45, 7) is 9.90. The van der Waals surface area contributed by atoms with Gasteiger partial charge in [-0.25, -0.2) is 4.98 Å². The first-order valence-electron chi connectivity index (χ1n) is 17.7. The summed E-state index contributed by atoms with van der Waals surface area (Å²) in [5.41, 5.74) is 7.78. The van der Waals surface area contributed by atoms with Crippen molar-refractivity contribution in [3.63, 3.8) is 0 Å². The summed E-state index contributed by atoms with van der Waals surface area (Å²) >= 11 is 0. The maximum atomic E-state index is 13.3. The molecule has 0 bridgehead atoms. The van der Waals surface area contributed by atoms with Crippen LogP contribution in [0.2, 0.25) is 0 Å². The Bertz CT molecular complexity index is 1650. The number of hydrogen-bond acceptors (Lipinski definition) is 6. The van der Waals surface area contributed by atoms with Gasteiger partial charge in [0, 0.05) is 31.4 Å². The molecule has 0 radical (unpaired) electrons. The van der Waals surface area contributed by atoms with Crippen LogP contribution in [0.3, 0.4) is 0 Å². The van der Waals surface area contributed by atoms with Gasteiger partial charge in [0.2, 0.25) is 11.8 Å². The van der Waals surface area contributed by atoms with Gasteiger partial charge >= 0.3 is 0 Å². The molecule has 2 fully saturated rings. The lowest BCUT2D eigenvalue weighted by molar-refractivity contribution is -0.135. The highest BCUT2D eigenvalue weighted by molar-refractivity contribution is 6.03. The number of hydrogen-bond donors (Lipinski definition) is 3. The van der Waals surface area contributed by atoms with E-state index in [1.54, 1.807) is 0 Å². The van der Waals surface area contributed by atoms with E-state index >= 15 is 0 Å². The van der Waals surface area contributed by atoms with E-state index in [9.17, 15) is 9.59 Å². The van der Waals surface area contributed by atoms with Crippen molar-refractivity contribution >= 4 is 23.1 Å². The van der Waals surface area contributed by atoms with Crippen molar-refractivity contribution in [2.45, 2.75) is 84.0 Å². The number of likely N-dealkylation sites (N-methyl/N-ethyl adjacent to an activating group) is 2. The zero-order valence-electron chi connectivity index (χ0n) is 29.3. The van der Waals surface area contributed by atoms with Crippen LogP contribution in [0.15, 0.2) is 65.9 Å². The third-order valence-corrected chi connectivity index (χ3v) is 10.4. The number of rotatable bonds is 11. The molecule has 4 heterocycles. The standard InChI is InChI=1S/C39H51N7O2/c1-24(2)35(40-5)38(47)45-19-7-9-33(45)31-21-30(22-42-31)28-13-11-26(12-14-28)27-15-17-29(18-16-27)32-23-43-37(44-32)34-10-8-20-46(34)39(48)36(41-6)25(3)4/h11-18,22-25,33-36,40-41H,7-10,19-21H2,1-6H3,(H,43,44)/t33-,34-,35-,36-/m0/s1. The number of allylic oxidation sites excluding steroid dienone is 1. The van der Waals surface area contributed by atoms with Gasteiger partial charge in [-0.1, -0.05) is 76.2 Å². The first kappa shape index (κ1) is 33.8. The lowest BCUT2D eigenvalue weighted by Gasteiger charge is -2.30. The van der Waals surface area contributed by atoms with Gasteiger partial charge in [-0.05, 0) is 79.4 Å². The molecule has 48 heavy (non-hydrogen) atoms. The molecule has 0 unspecified atom stereocenters. The number of nitrogens with zero attached hydrogens (tertiary/aromatic N) is 4. The minimum atomic E-state index is -0.191. The Kier molecular flexibility index (Phi) is 10.3. The number of carbonyl (C=O) groups excluding carboxylic acids is 2. The molecule has 2 amide bonds. The first-order valence-corrected chi connectivity index (χ1v) is 17.7. The van der Waals surface area contributed by atoms with Crippen LogP contribution in [-0.4, -0.2) is 82.6 Å². The van der Waals surface area contributed by atoms with Gasteiger partial charge in [0.1, 0.15) is 5.82 Å². The number of benzene rings is 2. The largest absolute Gasteiger partial charge is 0.340 e. The van der Waals surface area contributed by atoms with Crippen LogP contribution in [0.25, 0.3) is 28.0 Å². The second kappa shape index (κ2) is 14.6. The highest BCUT2D eigenvalue weighted by atomic mass is 16.2. The Labute approximate surface area is 285 Å². The summed E-state index contributed by atoms with van der Waals surface area (Å²) in [4.78, 5) is 43.7. The number of nitrogens with one attached hydrogen (secondary N) is 3. The van der Waals surface area contributed by atoms with Crippen molar-refractivity contribution in [2.75, 3.05) is 27.2 Å². The molecule has 1 aromatic heterocycles. The molecular formula is C39H51N7O2. The second-order valence-corrected chi connectivity index (χ2v) is 14.2. The smallest absolute Gasteiger partial charge is 0.240 e. The third-order valence-electron chi connectivity index (χ3n) is 10.4. The molecule has 0 spiro atoms. The summed E-state index contributed by atoms with van der Waals surface area (Å²) in [6.07, 6.45) is 8.54. The summed E-state index contributed by atoms with van der Waals surface area (Å²) in [7, 11) is 3.73. The molecule has 9 heteroatoms. The van der Waals surface area contributed by atoms with E-state index in [4.69, 9.17) is 9.98 Å². The lowest BCUT2D eigenvalue weighted by Crippen LogP contribution is -2.51. The molecule has 3 aliphatic heterocycles. The summed E-state index contributed by atoms with van der Waals surface area (Å²) in [6, 6.07) is 16.9. The SMILES string of the molecule is CN[C@H](C(=O)N1CCC[C@H]1C1=NC=C(c2ccc(-c3ccc(-c4cnc([C@@H]5CCCN5C(=O)[C@@H](NC)C(C)C)[nH]4)cc3)cc2)C1)C(C)C. The van der Waals surface area contributed by atoms with Crippen LogP contribution < -0.4 is 10.6 Å². The van der Waals surface area contributed by atoms with E-state index < -0.39 is 0 Å². The minimum Gasteiger partial charge on any atom is -0.340 e. The average molecular weight is 650 g/mol. The maximum absolute atomic E-state index is 13.3. The zero-order valence-corrected chi connectivity index (χ0v) is 29.3. The highest BCUT2D eigenvalue weighted by Gasteiger charge is 2.38. The second-order valence-electron chi connectivity index (χ2n) is 14.2. The normalized spacial score (nSPS) is 20.8. The van der Waals surface area contributed by atoms with Gasteiger partial charge in [-0.3, -0.25) is 14.6 Å². The van der Waals surface area contributed by atoms with Crippen molar-refractivity contribution in [3.8, 4) is 22.4 Å². The minimum absolute atomic E-state index is 0.0229. The number of aromatic nitrogens is 2. The number of likely N-dealkylation sites (tertiary alicyclic amines) is 2. The fraction of sp³-hybridized carbons (Fsp3) is 0.487. The molecule has 2 saturated heterocycles. The molecule has 6 rings (SSSR count). The molecular weight excluding hydrogens is 598 g/mol. The predicted octanol–water partition coefficient (Wildman–Crippen LogP) is 6.07. The highest BCUT2D eigenvalue weighted by Crippen LogP contribution is 2.34. The molecule has 2 aromatic carbocycles. The van der Waals surface area contributed by atoms with Crippen molar-refractivity contribution in [2.24, 2.45) is 16.8 Å². The van der Waals surface area contributed by atoms with E-state index in [1.165, 1.54) is 11.1 Å². The molecule has 0 saturated carbocycles. The Morgan fingerprint density at radius 2 is 1.25 bits per heavy atom. The van der Waals surface area contributed by atoms with Crippen LogP contribution in [0, 0.1) is 11.8 Å². The van der Waals surface area contributed by atoms with Crippen molar-refractivity contribution in [3.05, 3.63) is 72.3 Å². The van der Waals surface area contributed by atoms with E-state index in [0.717, 1.165) is 79.1 Å². The zero-order chi connectivity index (χ0) is 33.9. The number of carbonyl (C=O) groups is 2. The Morgan fingerprint density at radius 1 is 0.750 bits per heavy atom. The van der Waals surface area contributed by atoms with Crippen molar-refractivity contribution in [1.82, 2.24) is 30.4 Å². The van der Waals surface area contributed by atoms with E-state index in [2.05, 4.69) is 91.8 Å². The summed E-state index contributed by atoms with van der Waals surface area (Å²) in [5, 5.41) is 6.41. The van der Waals surface area contributed by atoms with Crippen LogP contribution in [0.4, 0.5) is 0 Å². The monoisotopic (exact) mass is 649 g/mol. The van der Waals surface area contributed by atoms with Gasteiger partial charge < -0.3 is 25.4 Å².